The maximum Gasteiger partial charge on any atom is 0.271 e. The molecule has 0 saturated carbocycles. The van der Waals surface area contributed by atoms with Crippen LogP contribution >= 0.6 is 0 Å². The van der Waals surface area contributed by atoms with Crippen LogP contribution in [0.15, 0.2) is 66.1 Å². The second-order valence-electron chi connectivity index (χ2n) is 6.72. The lowest BCUT2D eigenvalue weighted by atomic mass is 10.1. The van der Waals surface area contributed by atoms with Gasteiger partial charge in [0.15, 0.2) is 0 Å². The molecule has 0 aromatic heterocycles. The van der Waals surface area contributed by atoms with Gasteiger partial charge in [0.1, 0.15) is 0 Å². The van der Waals surface area contributed by atoms with Gasteiger partial charge in [-0.15, -0.1) is 6.58 Å². The number of carbonyl (C=O) groups is 1. The maximum absolute atomic E-state index is 12.8. The molecule has 30 heavy (non-hydrogen) atoms. The fourth-order valence-corrected chi connectivity index (χ4v) is 4.18. The summed E-state index contributed by atoms with van der Waals surface area (Å²) < 4.78 is 26.6. The van der Waals surface area contributed by atoms with Crippen molar-refractivity contribution in [2.45, 2.75) is 4.90 Å². The van der Waals surface area contributed by atoms with Gasteiger partial charge in [0.2, 0.25) is 10.0 Å². The molecule has 0 atom stereocenters. The van der Waals surface area contributed by atoms with E-state index in [1.807, 2.05) is 11.0 Å². The molecule has 1 saturated heterocycles. The number of non-ortho nitro benzene ring substituents is 1. The van der Waals surface area contributed by atoms with Gasteiger partial charge < -0.3 is 9.80 Å². The van der Waals surface area contributed by atoms with Crippen LogP contribution in [-0.4, -0.2) is 56.9 Å². The van der Waals surface area contributed by atoms with Crippen LogP contribution in [0.25, 0.3) is 0 Å². The normalized spacial score (nSPS) is 14.4. The summed E-state index contributed by atoms with van der Waals surface area (Å²) in [4.78, 5) is 27.1. The van der Waals surface area contributed by atoms with E-state index in [2.05, 4.69) is 11.3 Å². The van der Waals surface area contributed by atoms with Crippen molar-refractivity contribution in [2.24, 2.45) is 0 Å². The number of hydrogen-bond donors (Lipinski definition) is 1. The summed E-state index contributed by atoms with van der Waals surface area (Å²) in [7, 11) is -3.64. The van der Waals surface area contributed by atoms with Crippen molar-refractivity contribution in [3.05, 3.63) is 76.9 Å². The molecular formula is C20H22N4O5S. The van der Waals surface area contributed by atoms with Crippen molar-refractivity contribution in [1.82, 2.24) is 9.62 Å². The van der Waals surface area contributed by atoms with Crippen LogP contribution < -0.4 is 9.62 Å². The maximum atomic E-state index is 12.8. The van der Waals surface area contributed by atoms with Crippen LogP contribution in [0.4, 0.5) is 11.4 Å². The quantitative estimate of drug-likeness (QED) is 0.409. The van der Waals surface area contributed by atoms with Crippen molar-refractivity contribution in [3.8, 4) is 0 Å². The molecular weight excluding hydrogens is 408 g/mol. The third-order valence-electron chi connectivity index (χ3n) is 4.80. The zero-order chi connectivity index (χ0) is 21.7. The first-order chi connectivity index (χ1) is 14.3. The number of benzene rings is 2. The molecule has 0 unspecified atom stereocenters. The number of sulfonamides is 1. The first-order valence-corrected chi connectivity index (χ1v) is 10.8. The van der Waals surface area contributed by atoms with Crippen LogP contribution in [0.3, 0.4) is 0 Å². The number of rotatable bonds is 7. The van der Waals surface area contributed by atoms with Gasteiger partial charge >= 0.3 is 0 Å². The number of hydrogen-bond acceptors (Lipinski definition) is 6. The highest BCUT2D eigenvalue weighted by Crippen LogP contribution is 2.23. The minimum Gasteiger partial charge on any atom is -0.368 e. The third kappa shape index (κ3) is 4.84. The van der Waals surface area contributed by atoms with Crippen LogP contribution in [0, 0.1) is 10.1 Å². The standard InChI is InChI=1S/C20H22N4O5S/c1-2-10-21-30(28,29)19-8-6-16(7-9-19)20(25)23-13-11-22(12-14-23)17-4-3-5-18(15-17)24(26)27/h2-9,15,21H,1,10-14H2. The van der Waals surface area contributed by atoms with E-state index < -0.39 is 14.9 Å². The fraction of sp³-hybridized carbons (Fsp3) is 0.250. The summed E-state index contributed by atoms with van der Waals surface area (Å²) in [6, 6.07) is 12.2. The van der Waals surface area contributed by atoms with Gasteiger partial charge in [-0.1, -0.05) is 12.1 Å². The van der Waals surface area contributed by atoms with Gasteiger partial charge in [0.25, 0.3) is 11.6 Å². The monoisotopic (exact) mass is 430 g/mol. The van der Waals surface area contributed by atoms with Crippen LogP contribution in [-0.2, 0) is 10.0 Å². The molecule has 0 bridgehead atoms. The molecule has 1 heterocycles. The average molecular weight is 430 g/mol. The molecule has 2 aromatic rings. The van der Waals surface area contributed by atoms with E-state index in [1.54, 1.807) is 11.0 Å². The van der Waals surface area contributed by atoms with Crippen molar-refractivity contribution in [3.63, 3.8) is 0 Å². The van der Waals surface area contributed by atoms with Gasteiger partial charge in [0.05, 0.1) is 9.82 Å². The summed E-state index contributed by atoms with van der Waals surface area (Å²) in [6.07, 6.45) is 1.45. The number of nitrogens with zero attached hydrogens (tertiary/aromatic N) is 3. The molecule has 0 radical (unpaired) electrons. The molecule has 2 aromatic carbocycles. The van der Waals surface area contributed by atoms with Gasteiger partial charge in [-0.25, -0.2) is 13.1 Å². The number of nitro benzene ring substituents is 1. The number of amides is 1. The first-order valence-electron chi connectivity index (χ1n) is 9.31. The lowest BCUT2D eigenvalue weighted by Crippen LogP contribution is -2.48. The Kier molecular flexibility index (Phi) is 6.48. The average Bonchev–Trinajstić information content (AvgIpc) is 2.77. The lowest BCUT2D eigenvalue weighted by Gasteiger charge is -2.36. The molecule has 1 amide bonds. The predicted octanol–water partition coefficient (Wildman–Crippen LogP) is 2.02. The Balaban J connectivity index is 1.63. The molecule has 0 spiro atoms. The Labute approximate surface area is 174 Å². The van der Waals surface area contributed by atoms with Crippen molar-refractivity contribution < 1.29 is 18.1 Å². The van der Waals surface area contributed by atoms with E-state index in [1.165, 1.54) is 42.5 Å². The highest BCUT2D eigenvalue weighted by atomic mass is 32.2. The minimum absolute atomic E-state index is 0.0311. The highest BCUT2D eigenvalue weighted by Gasteiger charge is 2.23. The van der Waals surface area contributed by atoms with Gasteiger partial charge in [-0.2, -0.15) is 0 Å². The molecule has 3 rings (SSSR count). The van der Waals surface area contributed by atoms with E-state index in [9.17, 15) is 23.3 Å². The summed E-state index contributed by atoms with van der Waals surface area (Å²) >= 11 is 0. The van der Waals surface area contributed by atoms with E-state index in [-0.39, 0.29) is 23.0 Å². The Bertz CT molecular complexity index is 1050. The van der Waals surface area contributed by atoms with Gasteiger partial charge in [-0.3, -0.25) is 14.9 Å². The van der Waals surface area contributed by atoms with Crippen molar-refractivity contribution in [1.29, 1.82) is 0 Å². The lowest BCUT2D eigenvalue weighted by molar-refractivity contribution is -0.384. The highest BCUT2D eigenvalue weighted by molar-refractivity contribution is 7.89. The summed E-state index contributed by atoms with van der Waals surface area (Å²) in [5.41, 5.74) is 1.18. The van der Waals surface area contributed by atoms with E-state index >= 15 is 0 Å². The van der Waals surface area contributed by atoms with Crippen LogP contribution in [0.2, 0.25) is 0 Å². The van der Waals surface area contributed by atoms with Crippen molar-refractivity contribution in [2.75, 3.05) is 37.6 Å². The number of nitrogens with one attached hydrogen (secondary N) is 1. The predicted molar refractivity (Wildman–Crippen MR) is 113 cm³/mol. The summed E-state index contributed by atoms with van der Waals surface area (Å²) in [5, 5.41) is 11.0. The Morgan fingerprint density at radius 2 is 1.80 bits per heavy atom. The number of anilines is 1. The van der Waals surface area contributed by atoms with E-state index in [0.717, 1.165) is 5.69 Å². The Morgan fingerprint density at radius 1 is 1.13 bits per heavy atom. The molecule has 0 aliphatic carbocycles. The molecule has 1 fully saturated rings. The van der Waals surface area contributed by atoms with Gasteiger partial charge in [0, 0.05) is 56.1 Å². The molecule has 9 nitrogen and oxygen atoms in total. The van der Waals surface area contributed by atoms with Crippen LogP contribution in [0.1, 0.15) is 10.4 Å². The second kappa shape index (κ2) is 9.06. The van der Waals surface area contributed by atoms with Gasteiger partial charge in [-0.05, 0) is 30.3 Å². The largest absolute Gasteiger partial charge is 0.368 e. The van der Waals surface area contributed by atoms with E-state index in [4.69, 9.17) is 0 Å². The number of piperazine rings is 1. The number of carbonyl (C=O) groups excluding carboxylic acids is 1. The fourth-order valence-electron chi connectivity index (χ4n) is 3.18. The zero-order valence-corrected chi connectivity index (χ0v) is 17.0. The van der Waals surface area contributed by atoms with Crippen LogP contribution in [0.5, 0.6) is 0 Å². The summed E-state index contributed by atoms with van der Waals surface area (Å²) in [5.74, 6) is -0.184. The summed E-state index contributed by atoms with van der Waals surface area (Å²) in [6.45, 7) is 5.61. The number of nitro groups is 1. The minimum atomic E-state index is -3.64. The first kappa shape index (κ1) is 21.5. The smallest absolute Gasteiger partial charge is 0.271 e. The molecule has 10 heteroatoms. The SMILES string of the molecule is C=CCNS(=O)(=O)c1ccc(C(=O)N2CCN(c3cccc([N+](=O)[O-])c3)CC2)cc1. The third-order valence-corrected chi connectivity index (χ3v) is 6.24. The molecule has 1 N–H and O–H groups in total. The molecule has 1 aliphatic rings. The Morgan fingerprint density at radius 3 is 2.40 bits per heavy atom. The Hall–Kier alpha value is -3.24. The van der Waals surface area contributed by atoms with Crippen molar-refractivity contribution >= 4 is 27.3 Å². The second-order valence-corrected chi connectivity index (χ2v) is 8.49. The molecule has 158 valence electrons. The molecule has 1 aliphatic heterocycles. The topological polar surface area (TPSA) is 113 Å². The zero-order valence-electron chi connectivity index (χ0n) is 16.2. The van der Waals surface area contributed by atoms with E-state index in [0.29, 0.717) is 31.7 Å².